The van der Waals surface area contributed by atoms with Crippen LogP contribution in [0.4, 0.5) is 0 Å². The highest BCUT2D eigenvalue weighted by Gasteiger charge is 2.27. The second-order valence-electron chi connectivity index (χ2n) is 7.53. The number of ether oxygens (including phenoxy) is 1. The van der Waals surface area contributed by atoms with Crippen LogP contribution in [0.1, 0.15) is 57.2 Å². The molecule has 3 rings (SSSR count). The molecule has 1 aromatic heterocycles. The van der Waals surface area contributed by atoms with Gasteiger partial charge in [-0.1, -0.05) is 6.08 Å². The van der Waals surface area contributed by atoms with Gasteiger partial charge in [0.1, 0.15) is 5.60 Å². The second-order valence-corrected chi connectivity index (χ2v) is 7.53. The van der Waals surface area contributed by atoms with Crippen LogP contribution in [0, 0.1) is 11.8 Å². The zero-order valence-electron chi connectivity index (χ0n) is 14.9. The Balaban J connectivity index is 1.71. The van der Waals surface area contributed by atoms with Crippen molar-refractivity contribution in [1.29, 1.82) is 0 Å². The molecule has 130 valence electrons. The van der Waals surface area contributed by atoms with Crippen LogP contribution in [0.5, 0.6) is 0 Å². The van der Waals surface area contributed by atoms with E-state index in [1.807, 2.05) is 31.7 Å². The van der Waals surface area contributed by atoms with Crippen LogP contribution in [-0.4, -0.2) is 29.5 Å². The summed E-state index contributed by atoms with van der Waals surface area (Å²) in [5, 5.41) is 10.0. The molecule has 0 radical (unpaired) electrons. The van der Waals surface area contributed by atoms with E-state index in [1.54, 1.807) is 13.8 Å². The first kappa shape index (κ1) is 17.3. The standard InChI is InChI=1S/C20H28N2O2/c1-20(2,23)19-9-6-16(13-22-19)18-12-15(10-11-21-18)14-4-7-17(24-3)8-5-14/h6,9,11-15,17,23H,4-5,7-8,10H2,1-3H3. The smallest absolute Gasteiger partial charge is 0.101 e. The maximum Gasteiger partial charge on any atom is 0.101 e. The van der Waals surface area contributed by atoms with Gasteiger partial charge in [-0.3, -0.25) is 9.98 Å². The zero-order chi connectivity index (χ0) is 17.2. The summed E-state index contributed by atoms with van der Waals surface area (Å²) >= 11 is 0. The normalized spacial score (nSPS) is 27.8. The highest BCUT2D eigenvalue weighted by molar-refractivity contribution is 5.76. The topological polar surface area (TPSA) is 54.7 Å². The van der Waals surface area contributed by atoms with Crippen molar-refractivity contribution in [3.05, 3.63) is 35.7 Å². The van der Waals surface area contributed by atoms with Gasteiger partial charge in [0.2, 0.25) is 0 Å². The number of aromatic nitrogens is 1. The molecule has 0 bridgehead atoms. The second kappa shape index (κ2) is 7.16. The van der Waals surface area contributed by atoms with E-state index in [4.69, 9.17) is 4.74 Å². The van der Waals surface area contributed by atoms with Crippen LogP contribution >= 0.6 is 0 Å². The Bertz CT molecular complexity index is 606. The Morgan fingerprint density at radius 3 is 2.50 bits per heavy atom. The molecule has 1 aliphatic carbocycles. The van der Waals surface area contributed by atoms with Crippen molar-refractivity contribution in [2.45, 2.75) is 57.7 Å². The highest BCUT2D eigenvalue weighted by atomic mass is 16.5. The Morgan fingerprint density at radius 2 is 1.92 bits per heavy atom. The van der Waals surface area contributed by atoms with E-state index in [0.717, 1.165) is 23.6 Å². The van der Waals surface area contributed by atoms with Crippen molar-refractivity contribution in [2.75, 3.05) is 7.11 Å². The minimum atomic E-state index is -0.911. The molecule has 1 aromatic rings. The van der Waals surface area contributed by atoms with Crippen molar-refractivity contribution < 1.29 is 9.84 Å². The molecule has 2 aliphatic rings. The first-order chi connectivity index (χ1) is 11.5. The number of pyridine rings is 1. The summed E-state index contributed by atoms with van der Waals surface area (Å²) in [7, 11) is 1.82. The molecular formula is C20H28N2O2. The molecule has 0 amide bonds. The fourth-order valence-electron chi connectivity index (χ4n) is 3.75. The number of allylic oxidation sites excluding steroid dienone is 1. The average molecular weight is 328 g/mol. The lowest BCUT2D eigenvalue weighted by molar-refractivity contribution is 0.0507. The predicted octanol–water partition coefficient (Wildman–Crippen LogP) is 3.95. The van der Waals surface area contributed by atoms with Crippen molar-refractivity contribution in [2.24, 2.45) is 16.8 Å². The molecule has 4 heteroatoms. The van der Waals surface area contributed by atoms with Crippen LogP contribution in [0.15, 0.2) is 29.4 Å². The van der Waals surface area contributed by atoms with Crippen molar-refractivity contribution in [1.82, 2.24) is 4.98 Å². The van der Waals surface area contributed by atoms with Gasteiger partial charge in [0.05, 0.1) is 17.5 Å². The first-order valence-electron chi connectivity index (χ1n) is 8.94. The number of aliphatic hydroxyl groups is 1. The largest absolute Gasteiger partial charge is 0.384 e. The fourth-order valence-corrected chi connectivity index (χ4v) is 3.75. The summed E-state index contributed by atoms with van der Waals surface area (Å²) in [4.78, 5) is 8.98. The SMILES string of the molecule is COC1CCC(C2C=C(c3ccc(C(C)(C)O)nc3)N=CC2)CC1. The molecule has 4 nitrogen and oxygen atoms in total. The Morgan fingerprint density at radius 1 is 1.17 bits per heavy atom. The summed E-state index contributed by atoms with van der Waals surface area (Å²) < 4.78 is 5.49. The minimum Gasteiger partial charge on any atom is -0.384 e. The van der Waals surface area contributed by atoms with Gasteiger partial charge >= 0.3 is 0 Å². The fraction of sp³-hybridized carbons (Fsp3) is 0.600. The van der Waals surface area contributed by atoms with Gasteiger partial charge in [-0.15, -0.1) is 0 Å². The van der Waals surface area contributed by atoms with Gasteiger partial charge in [-0.05, 0) is 69.9 Å². The molecule has 0 spiro atoms. The lowest BCUT2D eigenvalue weighted by atomic mass is 9.76. The summed E-state index contributed by atoms with van der Waals surface area (Å²) in [6, 6.07) is 3.90. The van der Waals surface area contributed by atoms with Gasteiger partial charge in [0, 0.05) is 25.1 Å². The van der Waals surface area contributed by atoms with Crippen LogP contribution in [0.3, 0.4) is 0 Å². The van der Waals surface area contributed by atoms with E-state index in [-0.39, 0.29) is 0 Å². The lowest BCUT2D eigenvalue weighted by Gasteiger charge is -2.32. The molecule has 1 N–H and O–H groups in total. The third kappa shape index (κ3) is 3.93. The van der Waals surface area contributed by atoms with Crippen molar-refractivity contribution in [3.8, 4) is 0 Å². The lowest BCUT2D eigenvalue weighted by Crippen LogP contribution is -2.25. The van der Waals surface area contributed by atoms with Crippen LogP contribution in [0.25, 0.3) is 5.70 Å². The monoisotopic (exact) mass is 328 g/mol. The third-order valence-corrected chi connectivity index (χ3v) is 5.32. The number of hydrogen-bond donors (Lipinski definition) is 1. The third-order valence-electron chi connectivity index (χ3n) is 5.32. The molecule has 1 atom stereocenters. The molecule has 2 heterocycles. The summed E-state index contributed by atoms with van der Waals surface area (Å²) in [5.74, 6) is 1.28. The van der Waals surface area contributed by atoms with E-state index in [1.165, 1.54) is 25.7 Å². The molecule has 1 fully saturated rings. The number of methoxy groups -OCH3 is 1. The van der Waals surface area contributed by atoms with E-state index < -0.39 is 5.60 Å². The molecule has 24 heavy (non-hydrogen) atoms. The van der Waals surface area contributed by atoms with Crippen LogP contribution in [0.2, 0.25) is 0 Å². The summed E-state index contributed by atoms with van der Waals surface area (Å²) in [5.41, 5.74) is 1.80. The minimum absolute atomic E-state index is 0.445. The maximum absolute atomic E-state index is 10.0. The van der Waals surface area contributed by atoms with E-state index in [0.29, 0.717) is 17.7 Å². The molecule has 1 saturated carbocycles. The average Bonchev–Trinajstić information content (AvgIpc) is 2.61. The van der Waals surface area contributed by atoms with Gasteiger partial charge in [0.15, 0.2) is 0 Å². The molecular weight excluding hydrogens is 300 g/mol. The quantitative estimate of drug-likeness (QED) is 0.910. The molecule has 1 aliphatic heterocycles. The number of aliphatic imine (C=N–C) groups is 1. The van der Waals surface area contributed by atoms with Gasteiger partial charge < -0.3 is 9.84 Å². The van der Waals surface area contributed by atoms with Gasteiger partial charge in [0.25, 0.3) is 0 Å². The van der Waals surface area contributed by atoms with E-state index >= 15 is 0 Å². The number of hydrogen-bond acceptors (Lipinski definition) is 4. The highest BCUT2D eigenvalue weighted by Crippen LogP contribution is 2.36. The number of rotatable bonds is 4. The summed E-state index contributed by atoms with van der Waals surface area (Å²) in [6.45, 7) is 3.50. The van der Waals surface area contributed by atoms with Gasteiger partial charge in [-0.25, -0.2) is 0 Å². The predicted molar refractivity (Wildman–Crippen MR) is 96.8 cm³/mol. The van der Waals surface area contributed by atoms with Crippen LogP contribution < -0.4 is 0 Å². The van der Waals surface area contributed by atoms with Crippen molar-refractivity contribution >= 4 is 11.9 Å². The van der Waals surface area contributed by atoms with E-state index in [2.05, 4.69) is 16.1 Å². The number of nitrogens with zero attached hydrogens (tertiary/aromatic N) is 2. The summed E-state index contributed by atoms with van der Waals surface area (Å²) in [6.07, 6.45) is 12.5. The first-order valence-corrected chi connectivity index (χ1v) is 8.94. The van der Waals surface area contributed by atoms with E-state index in [9.17, 15) is 5.11 Å². The Labute approximate surface area is 144 Å². The molecule has 0 aromatic carbocycles. The molecule has 0 saturated heterocycles. The Hall–Kier alpha value is -1.52. The van der Waals surface area contributed by atoms with Gasteiger partial charge in [-0.2, -0.15) is 0 Å². The maximum atomic E-state index is 10.0. The van der Waals surface area contributed by atoms with Crippen LogP contribution in [-0.2, 0) is 10.3 Å². The Kier molecular flexibility index (Phi) is 5.16. The molecule has 1 unspecified atom stereocenters. The zero-order valence-corrected chi connectivity index (χ0v) is 14.9. The van der Waals surface area contributed by atoms with Crippen molar-refractivity contribution in [3.63, 3.8) is 0 Å².